The summed E-state index contributed by atoms with van der Waals surface area (Å²) in [5.41, 5.74) is 7.65. The Morgan fingerprint density at radius 2 is 1.85 bits per heavy atom. The van der Waals surface area contributed by atoms with Gasteiger partial charge >= 0.3 is 0 Å². The number of benzene rings is 1. The molecule has 4 atom stereocenters. The largest absolute Gasteiger partial charge is 0.326 e. The second kappa shape index (κ2) is 6.05. The molecular formula is C17H25ClN2. The van der Waals surface area contributed by atoms with Crippen LogP contribution in [0.4, 0.5) is 0 Å². The van der Waals surface area contributed by atoms with Crippen LogP contribution in [0.1, 0.15) is 50.6 Å². The molecule has 0 bridgehead atoms. The number of halogens is 1. The van der Waals surface area contributed by atoms with Crippen LogP contribution in [-0.2, 0) is 0 Å². The third-order valence-electron chi connectivity index (χ3n) is 5.12. The van der Waals surface area contributed by atoms with Gasteiger partial charge in [-0.15, -0.1) is 0 Å². The van der Waals surface area contributed by atoms with Crippen LogP contribution in [0.3, 0.4) is 0 Å². The molecule has 2 nitrogen and oxygen atoms in total. The summed E-state index contributed by atoms with van der Waals surface area (Å²) in [4.78, 5) is 2.68. The van der Waals surface area contributed by atoms with Crippen molar-refractivity contribution in [3.8, 4) is 0 Å². The summed E-state index contributed by atoms with van der Waals surface area (Å²) < 4.78 is 0. The van der Waals surface area contributed by atoms with E-state index in [0.29, 0.717) is 6.04 Å². The van der Waals surface area contributed by atoms with Crippen LogP contribution in [0.5, 0.6) is 0 Å². The maximum Gasteiger partial charge on any atom is 0.0499 e. The van der Waals surface area contributed by atoms with Gasteiger partial charge in [0.15, 0.2) is 0 Å². The summed E-state index contributed by atoms with van der Waals surface area (Å²) in [5.74, 6) is 0.900. The van der Waals surface area contributed by atoms with Crippen molar-refractivity contribution in [1.82, 2.24) is 4.90 Å². The molecular weight excluding hydrogens is 268 g/mol. The van der Waals surface area contributed by atoms with E-state index >= 15 is 0 Å². The molecule has 1 aromatic rings. The molecule has 1 saturated carbocycles. The Morgan fingerprint density at radius 3 is 2.55 bits per heavy atom. The van der Waals surface area contributed by atoms with Crippen molar-refractivity contribution in [2.75, 3.05) is 6.54 Å². The van der Waals surface area contributed by atoms with Gasteiger partial charge in [-0.3, -0.25) is 4.90 Å². The molecule has 1 aromatic carbocycles. The number of fused-ring (bicyclic) bond motifs is 1. The molecule has 1 aliphatic heterocycles. The van der Waals surface area contributed by atoms with Crippen molar-refractivity contribution in [3.05, 3.63) is 34.9 Å². The molecule has 3 heteroatoms. The first kappa shape index (κ1) is 14.4. The zero-order valence-corrected chi connectivity index (χ0v) is 13.0. The minimum atomic E-state index is 0.150. The lowest BCUT2D eigenvalue weighted by molar-refractivity contribution is 0.119. The standard InChI is InChI=1S/C17H25ClN2/c1-12(19)17(14-6-8-15(18)9-7-14)20-11-10-13-4-2-3-5-16(13)20/h6-9,12-13,16-17H,2-5,10-11,19H2,1H3. The van der Waals surface area contributed by atoms with E-state index in [1.807, 2.05) is 12.1 Å². The molecule has 4 unspecified atom stereocenters. The van der Waals surface area contributed by atoms with Crippen molar-refractivity contribution >= 4 is 11.6 Å². The van der Waals surface area contributed by atoms with E-state index < -0.39 is 0 Å². The highest BCUT2D eigenvalue weighted by Gasteiger charge is 2.40. The fourth-order valence-corrected chi connectivity index (χ4v) is 4.37. The summed E-state index contributed by atoms with van der Waals surface area (Å²) >= 11 is 6.02. The minimum absolute atomic E-state index is 0.150. The van der Waals surface area contributed by atoms with Gasteiger partial charge in [0.2, 0.25) is 0 Å². The minimum Gasteiger partial charge on any atom is -0.326 e. The Kier molecular flexibility index (Phi) is 4.34. The molecule has 0 aromatic heterocycles. The van der Waals surface area contributed by atoms with Crippen molar-refractivity contribution in [1.29, 1.82) is 0 Å². The van der Waals surface area contributed by atoms with E-state index in [1.54, 1.807) is 0 Å². The van der Waals surface area contributed by atoms with Crippen LogP contribution >= 0.6 is 11.6 Å². The van der Waals surface area contributed by atoms with Gasteiger partial charge in [-0.25, -0.2) is 0 Å². The molecule has 110 valence electrons. The van der Waals surface area contributed by atoms with Gasteiger partial charge in [-0.05, 0) is 56.3 Å². The second-order valence-corrected chi connectivity index (χ2v) is 6.93. The number of hydrogen-bond acceptors (Lipinski definition) is 2. The number of rotatable bonds is 3. The number of hydrogen-bond donors (Lipinski definition) is 1. The van der Waals surface area contributed by atoms with Crippen LogP contribution in [0, 0.1) is 5.92 Å². The Balaban J connectivity index is 1.85. The predicted molar refractivity (Wildman–Crippen MR) is 84.9 cm³/mol. The molecule has 3 rings (SSSR count). The molecule has 0 amide bonds. The van der Waals surface area contributed by atoms with Crippen LogP contribution in [-0.4, -0.2) is 23.5 Å². The van der Waals surface area contributed by atoms with E-state index in [2.05, 4.69) is 24.0 Å². The molecule has 1 heterocycles. The highest BCUT2D eigenvalue weighted by atomic mass is 35.5. The summed E-state index contributed by atoms with van der Waals surface area (Å²) in [6.07, 6.45) is 6.90. The normalized spacial score (nSPS) is 29.9. The quantitative estimate of drug-likeness (QED) is 0.912. The summed E-state index contributed by atoms with van der Waals surface area (Å²) in [7, 11) is 0. The van der Waals surface area contributed by atoms with Gasteiger partial charge in [0, 0.05) is 23.1 Å². The van der Waals surface area contributed by atoms with Crippen molar-refractivity contribution in [2.24, 2.45) is 11.7 Å². The number of nitrogens with two attached hydrogens (primary N) is 1. The fraction of sp³-hybridized carbons (Fsp3) is 0.647. The molecule has 1 aliphatic carbocycles. The van der Waals surface area contributed by atoms with E-state index in [0.717, 1.165) is 17.0 Å². The Hall–Kier alpha value is -0.570. The zero-order chi connectivity index (χ0) is 14.1. The highest BCUT2D eigenvalue weighted by molar-refractivity contribution is 6.30. The van der Waals surface area contributed by atoms with E-state index in [1.165, 1.54) is 44.2 Å². The predicted octanol–water partition coefficient (Wildman–Crippen LogP) is 3.99. The monoisotopic (exact) mass is 292 g/mol. The lowest BCUT2D eigenvalue weighted by Gasteiger charge is -2.39. The molecule has 1 saturated heterocycles. The average molecular weight is 293 g/mol. The van der Waals surface area contributed by atoms with Crippen LogP contribution in [0.2, 0.25) is 5.02 Å². The first-order valence-corrected chi connectivity index (χ1v) is 8.31. The summed E-state index contributed by atoms with van der Waals surface area (Å²) in [6, 6.07) is 9.49. The van der Waals surface area contributed by atoms with Gasteiger partial charge in [0.25, 0.3) is 0 Å². The number of likely N-dealkylation sites (tertiary alicyclic amines) is 1. The van der Waals surface area contributed by atoms with Gasteiger partial charge in [0.1, 0.15) is 0 Å². The fourth-order valence-electron chi connectivity index (χ4n) is 4.24. The lowest BCUT2D eigenvalue weighted by atomic mass is 9.84. The van der Waals surface area contributed by atoms with Crippen molar-refractivity contribution in [3.63, 3.8) is 0 Å². The Bertz CT molecular complexity index is 443. The van der Waals surface area contributed by atoms with Gasteiger partial charge in [-0.1, -0.05) is 36.6 Å². The maximum atomic E-state index is 6.33. The van der Waals surface area contributed by atoms with Crippen molar-refractivity contribution in [2.45, 2.75) is 57.2 Å². The van der Waals surface area contributed by atoms with Gasteiger partial charge in [-0.2, -0.15) is 0 Å². The smallest absolute Gasteiger partial charge is 0.0499 e. The molecule has 0 radical (unpaired) electrons. The third kappa shape index (κ3) is 2.74. The van der Waals surface area contributed by atoms with Crippen LogP contribution < -0.4 is 5.73 Å². The molecule has 20 heavy (non-hydrogen) atoms. The molecule has 2 N–H and O–H groups in total. The maximum absolute atomic E-state index is 6.33. The van der Waals surface area contributed by atoms with E-state index in [4.69, 9.17) is 17.3 Å². The van der Waals surface area contributed by atoms with E-state index in [-0.39, 0.29) is 6.04 Å². The topological polar surface area (TPSA) is 29.3 Å². The SMILES string of the molecule is CC(N)C(c1ccc(Cl)cc1)N1CCC2CCCCC21. The summed E-state index contributed by atoms with van der Waals surface area (Å²) in [6.45, 7) is 3.33. The first-order valence-electron chi connectivity index (χ1n) is 7.93. The molecule has 0 spiro atoms. The second-order valence-electron chi connectivity index (χ2n) is 6.49. The lowest BCUT2D eigenvalue weighted by Crippen LogP contribution is -2.44. The Morgan fingerprint density at radius 1 is 1.15 bits per heavy atom. The highest BCUT2D eigenvalue weighted by Crippen LogP contribution is 2.41. The van der Waals surface area contributed by atoms with Crippen LogP contribution in [0.15, 0.2) is 24.3 Å². The summed E-state index contributed by atoms with van der Waals surface area (Å²) in [5, 5.41) is 0.800. The Labute approximate surface area is 127 Å². The first-order chi connectivity index (χ1) is 9.66. The molecule has 2 fully saturated rings. The van der Waals surface area contributed by atoms with Gasteiger partial charge < -0.3 is 5.73 Å². The van der Waals surface area contributed by atoms with E-state index in [9.17, 15) is 0 Å². The van der Waals surface area contributed by atoms with Gasteiger partial charge in [0.05, 0.1) is 0 Å². The molecule has 2 aliphatic rings. The average Bonchev–Trinajstić information content (AvgIpc) is 2.85. The number of nitrogens with zero attached hydrogens (tertiary/aromatic N) is 1. The zero-order valence-electron chi connectivity index (χ0n) is 12.3. The van der Waals surface area contributed by atoms with Crippen LogP contribution in [0.25, 0.3) is 0 Å². The third-order valence-corrected chi connectivity index (χ3v) is 5.37. The van der Waals surface area contributed by atoms with Crippen molar-refractivity contribution < 1.29 is 0 Å².